The summed E-state index contributed by atoms with van der Waals surface area (Å²) in [7, 11) is 0. The Labute approximate surface area is 204 Å². The molecule has 174 valence electrons. The Morgan fingerprint density at radius 3 is 2.51 bits per heavy atom. The van der Waals surface area contributed by atoms with Crippen LogP contribution in [-0.4, -0.2) is 26.6 Å². The first-order valence-electron chi connectivity index (χ1n) is 10.8. The highest BCUT2D eigenvalue weighted by Crippen LogP contribution is 2.22. The summed E-state index contributed by atoms with van der Waals surface area (Å²) in [6.45, 7) is 2.40. The number of pyridine rings is 1. The second kappa shape index (κ2) is 9.47. The average molecular weight is 486 g/mol. The molecule has 2 amide bonds. The molecule has 0 fully saturated rings. The predicted molar refractivity (Wildman–Crippen MR) is 134 cm³/mol. The molecule has 0 atom stereocenters. The van der Waals surface area contributed by atoms with Gasteiger partial charge in [-0.15, -0.1) is 11.3 Å². The molecule has 3 aromatic heterocycles. The number of nitrogens with zero attached hydrogens (tertiary/aromatic N) is 3. The van der Waals surface area contributed by atoms with E-state index in [4.69, 9.17) is 0 Å². The monoisotopic (exact) mass is 485 g/mol. The number of amides is 2. The number of benzene rings is 2. The maximum absolute atomic E-state index is 13.4. The van der Waals surface area contributed by atoms with Gasteiger partial charge in [-0.25, -0.2) is 14.1 Å². The van der Waals surface area contributed by atoms with Crippen molar-refractivity contribution in [3.8, 4) is 0 Å². The Kier molecular flexibility index (Phi) is 6.07. The summed E-state index contributed by atoms with van der Waals surface area (Å²) in [5, 5.41) is 12.6. The highest BCUT2D eigenvalue weighted by molar-refractivity contribution is 7.09. The number of fused-ring (bicyclic) bond motifs is 1. The minimum Gasteiger partial charge on any atom is -0.322 e. The van der Waals surface area contributed by atoms with E-state index in [0.29, 0.717) is 45.8 Å². The molecule has 0 saturated carbocycles. The van der Waals surface area contributed by atoms with Crippen LogP contribution in [0.25, 0.3) is 11.0 Å². The lowest BCUT2D eigenvalue weighted by atomic mass is 10.1. The Morgan fingerprint density at radius 2 is 1.74 bits per heavy atom. The van der Waals surface area contributed by atoms with E-state index in [1.54, 1.807) is 58.6 Å². The molecule has 0 bridgehead atoms. The Bertz CT molecular complexity index is 1540. The average Bonchev–Trinajstić information content (AvgIpc) is 3.49. The van der Waals surface area contributed by atoms with Crippen LogP contribution in [0, 0.1) is 12.7 Å². The number of aryl methyl sites for hydroxylation is 1. The van der Waals surface area contributed by atoms with Crippen molar-refractivity contribution in [2.45, 2.75) is 13.5 Å². The maximum Gasteiger partial charge on any atom is 0.256 e. The van der Waals surface area contributed by atoms with Crippen molar-refractivity contribution >= 4 is 45.6 Å². The zero-order valence-corrected chi connectivity index (χ0v) is 19.5. The van der Waals surface area contributed by atoms with Crippen LogP contribution < -0.4 is 10.6 Å². The normalized spacial score (nSPS) is 10.9. The van der Waals surface area contributed by atoms with Gasteiger partial charge in [0.1, 0.15) is 5.82 Å². The standard InChI is InChI=1S/C26H20FN5O2S/c1-16-11-22(23-14-28-32(24(23)29-16)15-21-9-4-10-35-21)26(34)31-19-7-2-5-17(12-19)25(33)30-20-8-3-6-18(27)13-20/h2-14H,15H2,1H3,(H,30,33)(H,31,34). The molecule has 5 aromatic rings. The SMILES string of the molecule is Cc1cc(C(=O)Nc2cccc(C(=O)Nc3cccc(F)c3)c2)c2cnn(Cc3cccs3)c2n1. The molecule has 0 spiro atoms. The number of hydrogen-bond acceptors (Lipinski definition) is 5. The molecule has 7 nitrogen and oxygen atoms in total. The van der Waals surface area contributed by atoms with Crippen molar-refractivity contribution in [2.75, 3.05) is 10.6 Å². The number of carbonyl (C=O) groups excluding carboxylic acids is 2. The van der Waals surface area contributed by atoms with Gasteiger partial charge >= 0.3 is 0 Å². The number of carbonyl (C=O) groups is 2. The van der Waals surface area contributed by atoms with E-state index < -0.39 is 11.7 Å². The van der Waals surface area contributed by atoms with Gasteiger partial charge in [-0.2, -0.15) is 5.10 Å². The zero-order valence-electron chi connectivity index (χ0n) is 18.7. The topological polar surface area (TPSA) is 88.9 Å². The van der Waals surface area contributed by atoms with Gasteiger partial charge < -0.3 is 10.6 Å². The number of aromatic nitrogens is 3. The molecule has 0 aliphatic heterocycles. The number of nitrogens with one attached hydrogen (secondary N) is 2. The first-order chi connectivity index (χ1) is 17.0. The molecule has 0 saturated heterocycles. The molecule has 35 heavy (non-hydrogen) atoms. The van der Waals surface area contributed by atoms with Gasteiger partial charge in [-0.05, 0) is 60.8 Å². The van der Waals surface area contributed by atoms with Crippen molar-refractivity contribution in [2.24, 2.45) is 0 Å². The zero-order chi connectivity index (χ0) is 24.4. The van der Waals surface area contributed by atoms with Crippen molar-refractivity contribution in [1.82, 2.24) is 14.8 Å². The second-order valence-corrected chi connectivity index (χ2v) is 8.96. The van der Waals surface area contributed by atoms with Gasteiger partial charge in [-0.1, -0.05) is 18.2 Å². The minimum atomic E-state index is -0.443. The van der Waals surface area contributed by atoms with Crippen LogP contribution in [0.4, 0.5) is 15.8 Å². The first kappa shape index (κ1) is 22.4. The minimum absolute atomic E-state index is 0.326. The van der Waals surface area contributed by atoms with Crippen molar-refractivity contribution in [3.05, 3.63) is 106 Å². The largest absolute Gasteiger partial charge is 0.322 e. The predicted octanol–water partition coefficient (Wildman–Crippen LogP) is 5.49. The third-order valence-corrected chi connectivity index (χ3v) is 6.19. The second-order valence-electron chi connectivity index (χ2n) is 7.93. The third kappa shape index (κ3) is 4.95. The van der Waals surface area contributed by atoms with E-state index in [9.17, 15) is 14.0 Å². The van der Waals surface area contributed by atoms with Crippen LogP contribution >= 0.6 is 11.3 Å². The van der Waals surface area contributed by atoms with Crippen LogP contribution in [0.1, 0.15) is 31.3 Å². The quantitative estimate of drug-likeness (QED) is 0.333. The lowest BCUT2D eigenvalue weighted by Crippen LogP contribution is -2.15. The lowest BCUT2D eigenvalue weighted by Gasteiger charge is -2.10. The van der Waals surface area contributed by atoms with Crippen LogP contribution in [0.5, 0.6) is 0 Å². The van der Waals surface area contributed by atoms with E-state index in [0.717, 1.165) is 4.88 Å². The Morgan fingerprint density at radius 1 is 0.971 bits per heavy atom. The fourth-order valence-electron chi connectivity index (χ4n) is 3.73. The third-order valence-electron chi connectivity index (χ3n) is 5.33. The molecule has 9 heteroatoms. The molecule has 0 aliphatic carbocycles. The molecule has 3 heterocycles. The smallest absolute Gasteiger partial charge is 0.256 e. The molecular weight excluding hydrogens is 465 g/mol. The number of anilines is 2. The summed E-state index contributed by atoms with van der Waals surface area (Å²) in [4.78, 5) is 31.6. The molecule has 2 N–H and O–H groups in total. The van der Waals surface area contributed by atoms with E-state index in [2.05, 4.69) is 20.7 Å². The highest BCUT2D eigenvalue weighted by atomic mass is 32.1. The fraction of sp³-hybridized carbons (Fsp3) is 0.0769. The lowest BCUT2D eigenvalue weighted by molar-refractivity contribution is 0.101. The summed E-state index contributed by atoms with van der Waals surface area (Å²) < 4.78 is 15.2. The van der Waals surface area contributed by atoms with E-state index in [1.807, 2.05) is 24.4 Å². The van der Waals surface area contributed by atoms with Gasteiger partial charge in [0.05, 0.1) is 23.7 Å². The van der Waals surface area contributed by atoms with Gasteiger partial charge in [0.15, 0.2) is 5.65 Å². The van der Waals surface area contributed by atoms with Crippen LogP contribution in [-0.2, 0) is 6.54 Å². The van der Waals surface area contributed by atoms with Gasteiger partial charge in [-0.3, -0.25) is 9.59 Å². The van der Waals surface area contributed by atoms with Crippen molar-refractivity contribution in [3.63, 3.8) is 0 Å². The number of hydrogen-bond donors (Lipinski definition) is 2. The molecular formula is C26H20FN5O2S. The van der Waals surface area contributed by atoms with Gasteiger partial charge in [0.25, 0.3) is 11.8 Å². The summed E-state index contributed by atoms with van der Waals surface area (Å²) in [6, 6.07) is 17.9. The molecule has 0 aliphatic rings. The molecule has 0 unspecified atom stereocenters. The van der Waals surface area contributed by atoms with Gasteiger partial charge in [0, 0.05) is 27.5 Å². The van der Waals surface area contributed by atoms with Crippen molar-refractivity contribution in [1.29, 1.82) is 0 Å². The summed E-state index contributed by atoms with van der Waals surface area (Å²) in [6.07, 6.45) is 1.65. The van der Waals surface area contributed by atoms with Crippen LogP contribution in [0.2, 0.25) is 0 Å². The highest BCUT2D eigenvalue weighted by Gasteiger charge is 2.17. The molecule has 5 rings (SSSR count). The summed E-state index contributed by atoms with van der Waals surface area (Å²) in [5.74, 6) is -1.19. The fourth-order valence-corrected chi connectivity index (χ4v) is 4.42. The van der Waals surface area contributed by atoms with Crippen molar-refractivity contribution < 1.29 is 14.0 Å². The maximum atomic E-state index is 13.4. The molecule has 2 aromatic carbocycles. The van der Waals surface area contributed by atoms with Gasteiger partial charge in [0.2, 0.25) is 0 Å². The number of rotatable bonds is 6. The number of halogens is 1. The van der Waals surface area contributed by atoms with Crippen LogP contribution in [0.15, 0.2) is 78.3 Å². The van der Waals surface area contributed by atoms with E-state index in [1.165, 1.54) is 18.2 Å². The van der Waals surface area contributed by atoms with Crippen LogP contribution in [0.3, 0.4) is 0 Å². The Balaban J connectivity index is 1.37. The number of thiophene rings is 1. The van der Waals surface area contributed by atoms with E-state index >= 15 is 0 Å². The summed E-state index contributed by atoms with van der Waals surface area (Å²) >= 11 is 1.63. The summed E-state index contributed by atoms with van der Waals surface area (Å²) in [5.41, 5.74) is 2.89. The first-order valence-corrected chi connectivity index (χ1v) is 11.7. The Hall–Kier alpha value is -4.37. The van der Waals surface area contributed by atoms with E-state index in [-0.39, 0.29) is 5.91 Å². The molecule has 0 radical (unpaired) electrons.